The molecule has 0 aliphatic heterocycles. The minimum atomic E-state index is 0. The first-order chi connectivity index (χ1) is 4.00. The van der Waals surface area contributed by atoms with Gasteiger partial charge in [-0.05, 0) is 0 Å². The fraction of sp³-hybridized carbons (Fsp3) is 0. The van der Waals surface area contributed by atoms with E-state index in [1.54, 1.807) is 0 Å². The van der Waals surface area contributed by atoms with E-state index < -0.39 is 0 Å². The maximum absolute atomic E-state index is 6.25. The van der Waals surface area contributed by atoms with Gasteiger partial charge in [0.15, 0.2) is 0 Å². The number of hydrogen-bond acceptors (Lipinski definition) is 4. The van der Waals surface area contributed by atoms with Crippen LogP contribution in [0.3, 0.4) is 0 Å². The van der Waals surface area contributed by atoms with Crippen LogP contribution >= 0.6 is 0 Å². The minimum Gasteiger partial charge on any atom is -0.512 e. The Morgan fingerprint density at radius 2 is 0.444 bits per heavy atom. The Bertz CT molecular complexity index is 55.5. The normalized spacial score (nSPS) is 0.889. The van der Waals surface area contributed by atoms with E-state index in [0.717, 1.165) is 0 Å². The molecule has 0 aliphatic rings. The van der Waals surface area contributed by atoms with Crippen LogP contribution < -0.4 is 0 Å². The molecule has 0 fully saturated rings. The molecule has 0 aromatic heterocycles. The van der Waals surface area contributed by atoms with Crippen molar-refractivity contribution in [3.8, 4) is 0 Å². The molecule has 0 atom stereocenters. The summed E-state index contributed by atoms with van der Waals surface area (Å²) < 4.78 is 0. The van der Waals surface area contributed by atoms with Crippen molar-refractivity contribution in [3.05, 3.63) is 26.3 Å². The monoisotopic (exact) mass is 210 g/mol. The van der Waals surface area contributed by atoms with Gasteiger partial charge >= 0.3 is 20.4 Å². The van der Waals surface area contributed by atoms with Crippen LogP contribution in [0.2, 0.25) is 0 Å². The fourth-order valence-corrected chi connectivity index (χ4v) is 0. The average molecular weight is 210 g/mol. The van der Waals surface area contributed by atoms with Crippen molar-refractivity contribution in [2.45, 2.75) is 0 Å². The fourth-order valence-electron chi connectivity index (χ4n) is 0. The summed E-state index contributed by atoms with van der Waals surface area (Å²) in [5, 5.41) is 25.0. The van der Waals surface area contributed by atoms with Gasteiger partial charge < -0.3 is 47.3 Å². The Kier molecular flexibility index (Phi) is 596. The molecule has 0 rings (SSSR count). The summed E-state index contributed by atoms with van der Waals surface area (Å²) >= 11 is 0. The maximum Gasteiger partial charge on any atom is 2.00 e. The van der Waals surface area contributed by atoms with Crippen molar-refractivity contribution < 1.29 is 20.4 Å². The molecule has 4 nitrogen and oxygen atoms in total. The zero-order valence-electron chi connectivity index (χ0n) is 4.11. The van der Waals surface area contributed by atoms with Gasteiger partial charge in [-0.15, -0.1) is 0 Å². The molecule has 0 aromatic rings. The van der Waals surface area contributed by atoms with E-state index in [9.17, 15) is 0 Å². The molecule has 0 saturated heterocycles. The molecule has 0 amide bonds. The first-order valence-corrected chi connectivity index (χ1v) is 0.894. The van der Waals surface area contributed by atoms with Crippen LogP contribution in [0.15, 0.2) is 0 Å². The molecule has 0 bridgehead atoms. The first kappa shape index (κ1) is 48.6. The summed E-state index contributed by atoms with van der Waals surface area (Å²) in [6.45, 7) is 19.0. The Balaban J connectivity index is -0.00000000762. The predicted octanol–water partition coefficient (Wildman–Crippen LogP) is 0.383. The third-order valence-electron chi connectivity index (χ3n) is 0. The second-order valence-electron chi connectivity index (χ2n) is 0. The van der Waals surface area contributed by atoms with Gasteiger partial charge in [0.05, 0.1) is 0 Å². The summed E-state index contributed by atoms with van der Waals surface area (Å²) in [7, 11) is 0. The van der Waals surface area contributed by atoms with E-state index in [1.807, 2.05) is 0 Å². The van der Waals surface area contributed by atoms with E-state index >= 15 is 0 Å². The Morgan fingerprint density at radius 1 is 0.444 bits per heavy atom. The molecule has 0 radical (unpaired) electrons. The van der Waals surface area contributed by atoms with Crippen LogP contribution in [0, 0.1) is 47.3 Å². The molecule has 0 aliphatic carbocycles. The Hall–Kier alpha value is -1.38. The first-order valence-electron chi connectivity index (χ1n) is 0.894. The van der Waals surface area contributed by atoms with E-state index in [4.69, 9.17) is 47.3 Å². The SMILES string of the molecule is [C-]#N.[C-]#N.[C-]#N.[C-]#N.[Pd+2]. The average Bonchev–Trinajstić information content (AvgIpc) is 2.03. The van der Waals surface area contributed by atoms with Crippen molar-refractivity contribution in [3.63, 3.8) is 0 Å². The van der Waals surface area contributed by atoms with Gasteiger partial charge in [-0.25, -0.2) is 0 Å². The van der Waals surface area contributed by atoms with Crippen LogP contribution in [0.5, 0.6) is 0 Å². The van der Waals surface area contributed by atoms with Crippen molar-refractivity contribution in [2.75, 3.05) is 0 Å². The Morgan fingerprint density at radius 3 is 0.444 bits per heavy atom. The van der Waals surface area contributed by atoms with Crippen LogP contribution in [0.25, 0.3) is 0 Å². The molecular weight excluding hydrogens is 210 g/mol. The van der Waals surface area contributed by atoms with Gasteiger partial charge in [-0.3, -0.25) is 0 Å². The largest absolute Gasteiger partial charge is 2.00 e. The summed E-state index contributed by atoms with van der Waals surface area (Å²) in [5.74, 6) is 0. The second-order valence-corrected chi connectivity index (χ2v) is 0. The molecule has 0 heterocycles. The van der Waals surface area contributed by atoms with Crippen molar-refractivity contribution >= 4 is 0 Å². The number of hydrogen-bond donors (Lipinski definition) is 0. The summed E-state index contributed by atoms with van der Waals surface area (Å²) in [6.07, 6.45) is 0. The molecule has 9 heavy (non-hydrogen) atoms. The third kappa shape index (κ3) is 74.6. The third-order valence-corrected chi connectivity index (χ3v) is 0. The molecule has 48 valence electrons. The molecule has 0 N–H and O–H groups in total. The smallest absolute Gasteiger partial charge is 0.512 e. The minimum absolute atomic E-state index is 0. The van der Waals surface area contributed by atoms with Crippen molar-refractivity contribution in [1.29, 1.82) is 21.0 Å². The molecular formula is C4N4Pd-2. The van der Waals surface area contributed by atoms with Gasteiger partial charge in [-0.1, -0.05) is 0 Å². The standard InChI is InChI=1S/4CN.Pd/c4*1-2;/q4*-1;+2. The van der Waals surface area contributed by atoms with Gasteiger partial charge in [-0.2, -0.15) is 0 Å². The van der Waals surface area contributed by atoms with E-state index in [1.165, 1.54) is 0 Å². The van der Waals surface area contributed by atoms with Gasteiger partial charge in [0.25, 0.3) is 0 Å². The zero-order valence-corrected chi connectivity index (χ0v) is 5.66. The van der Waals surface area contributed by atoms with Gasteiger partial charge in [0.1, 0.15) is 0 Å². The van der Waals surface area contributed by atoms with E-state index in [2.05, 4.69) is 0 Å². The van der Waals surface area contributed by atoms with E-state index in [0.29, 0.717) is 0 Å². The van der Waals surface area contributed by atoms with Gasteiger partial charge in [0, 0.05) is 0 Å². The quantitative estimate of drug-likeness (QED) is 0.427. The van der Waals surface area contributed by atoms with Crippen LogP contribution in [0.1, 0.15) is 0 Å². The Labute approximate surface area is 68.2 Å². The van der Waals surface area contributed by atoms with Crippen molar-refractivity contribution in [1.82, 2.24) is 0 Å². The van der Waals surface area contributed by atoms with Crippen LogP contribution in [-0.2, 0) is 20.4 Å². The molecule has 0 spiro atoms. The molecule has 0 saturated carbocycles. The molecule has 0 aromatic carbocycles. The molecule has 0 unspecified atom stereocenters. The summed E-state index contributed by atoms with van der Waals surface area (Å²) in [4.78, 5) is 0. The van der Waals surface area contributed by atoms with Crippen molar-refractivity contribution in [2.24, 2.45) is 0 Å². The predicted molar refractivity (Wildman–Crippen MR) is 19.9 cm³/mol. The second kappa shape index (κ2) is 110. The zero-order chi connectivity index (χ0) is 8.00. The summed E-state index contributed by atoms with van der Waals surface area (Å²) in [6, 6.07) is 0. The number of nitrogens with zero attached hydrogens (tertiary/aromatic N) is 4. The molecule has 5 heteroatoms. The topological polar surface area (TPSA) is 95.2 Å². The maximum atomic E-state index is 6.25. The number of rotatable bonds is 0. The summed E-state index contributed by atoms with van der Waals surface area (Å²) in [5.41, 5.74) is 0. The van der Waals surface area contributed by atoms with E-state index in [-0.39, 0.29) is 20.4 Å². The van der Waals surface area contributed by atoms with Gasteiger partial charge in [0.2, 0.25) is 0 Å². The van der Waals surface area contributed by atoms with Crippen LogP contribution in [-0.4, -0.2) is 0 Å². The van der Waals surface area contributed by atoms with Crippen LogP contribution in [0.4, 0.5) is 0 Å².